The second-order valence-electron chi connectivity index (χ2n) is 7.34. The lowest BCUT2D eigenvalue weighted by molar-refractivity contribution is 0.0951. The lowest BCUT2D eigenvalue weighted by Crippen LogP contribution is -2.25. The Kier molecular flexibility index (Phi) is 6.61. The molecule has 0 aliphatic heterocycles. The second-order valence-corrected chi connectivity index (χ2v) is 7.34. The van der Waals surface area contributed by atoms with Crippen LogP contribution in [0.5, 0.6) is 0 Å². The third-order valence-electron chi connectivity index (χ3n) is 5.00. The molecular weight excluding hydrogens is 416 g/mol. The number of amides is 2. The predicted octanol–water partition coefficient (Wildman–Crippen LogP) is 2.46. The van der Waals surface area contributed by atoms with Crippen molar-refractivity contribution in [2.75, 3.05) is 6.54 Å². The average Bonchev–Trinajstić information content (AvgIpc) is 3.55. The molecule has 164 valence electrons. The van der Waals surface area contributed by atoms with E-state index in [1.54, 1.807) is 53.5 Å². The van der Waals surface area contributed by atoms with Crippen molar-refractivity contribution in [3.8, 4) is 17.5 Å². The summed E-state index contributed by atoms with van der Waals surface area (Å²) in [4.78, 5) is 23.9. The standard InChI is InChI=1S/C25H22N6O2/c26-24(32)20-7-4-18(5-8-20)6-9-21-15-22(10-11-23(21)31-14-2-13-30-31)25(33)27-12-1-3-19-16-28-29-17-19/h2,4-5,7-8,10-11,13-17H,1,3,12H2,(H2,26,32)(H,27,33)(H,28,29). The summed E-state index contributed by atoms with van der Waals surface area (Å²) >= 11 is 0. The summed E-state index contributed by atoms with van der Waals surface area (Å²) in [5, 5.41) is 13.9. The molecule has 0 fully saturated rings. The maximum atomic E-state index is 12.7. The molecule has 4 rings (SSSR count). The molecule has 0 aliphatic rings. The van der Waals surface area contributed by atoms with E-state index in [0.29, 0.717) is 23.2 Å². The maximum absolute atomic E-state index is 12.7. The molecule has 0 unspecified atom stereocenters. The first-order valence-corrected chi connectivity index (χ1v) is 10.4. The largest absolute Gasteiger partial charge is 0.366 e. The molecule has 0 saturated heterocycles. The molecule has 2 aromatic carbocycles. The van der Waals surface area contributed by atoms with E-state index >= 15 is 0 Å². The predicted molar refractivity (Wildman–Crippen MR) is 124 cm³/mol. The van der Waals surface area contributed by atoms with Crippen LogP contribution in [0, 0.1) is 11.8 Å². The van der Waals surface area contributed by atoms with Gasteiger partial charge in [0.05, 0.1) is 17.4 Å². The van der Waals surface area contributed by atoms with Gasteiger partial charge in [-0.3, -0.25) is 14.7 Å². The van der Waals surface area contributed by atoms with Crippen molar-refractivity contribution in [2.24, 2.45) is 5.73 Å². The quantitative estimate of drug-likeness (QED) is 0.303. The number of carbonyl (C=O) groups is 2. The second kappa shape index (κ2) is 10.1. The average molecular weight is 438 g/mol. The van der Waals surface area contributed by atoms with Gasteiger partial charge in [-0.1, -0.05) is 11.8 Å². The molecule has 8 heteroatoms. The highest BCUT2D eigenvalue weighted by Gasteiger charge is 2.10. The smallest absolute Gasteiger partial charge is 0.251 e. The van der Waals surface area contributed by atoms with Crippen molar-refractivity contribution >= 4 is 11.8 Å². The summed E-state index contributed by atoms with van der Waals surface area (Å²) < 4.78 is 1.70. The van der Waals surface area contributed by atoms with Gasteiger partial charge in [-0.15, -0.1) is 0 Å². The van der Waals surface area contributed by atoms with Crippen LogP contribution in [0.3, 0.4) is 0 Å². The number of nitrogens with zero attached hydrogens (tertiary/aromatic N) is 3. The first-order valence-electron chi connectivity index (χ1n) is 10.4. The highest BCUT2D eigenvalue weighted by Crippen LogP contribution is 2.16. The minimum absolute atomic E-state index is 0.164. The lowest BCUT2D eigenvalue weighted by atomic mass is 10.1. The molecule has 0 bridgehead atoms. The van der Waals surface area contributed by atoms with Crippen molar-refractivity contribution in [3.05, 3.63) is 101 Å². The van der Waals surface area contributed by atoms with Crippen LogP contribution in [0.4, 0.5) is 0 Å². The van der Waals surface area contributed by atoms with Crippen LogP contribution < -0.4 is 11.1 Å². The zero-order chi connectivity index (χ0) is 23.0. The van der Waals surface area contributed by atoms with Gasteiger partial charge in [-0.2, -0.15) is 10.2 Å². The molecular formula is C25H22N6O2. The van der Waals surface area contributed by atoms with Crippen LogP contribution in [-0.4, -0.2) is 38.3 Å². The molecule has 2 aromatic heterocycles. The summed E-state index contributed by atoms with van der Waals surface area (Å²) in [6, 6.07) is 13.9. The van der Waals surface area contributed by atoms with Gasteiger partial charge in [0.2, 0.25) is 5.91 Å². The van der Waals surface area contributed by atoms with E-state index < -0.39 is 5.91 Å². The molecule has 8 nitrogen and oxygen atoms in total. The molecule has 0 radical (unpaired) electrons. The third-order valence-corrected chi connectivity index (χ3v) is 5.00. The van der Waals surface area contributed by atoms with Crippen LogP contribution in [0.1, 0.15) is 43.8 Å². The van der Waals surface area contributed by atoms with Gasteiger partial charge in [0.25, 0.3) is 5.91 Å². The number of H-pyrrole nitrogens is 1. The summed E-state index contributed by atoms with van der Waals surface area (Å²) in [6.45, 7) is 0.554. The monoisotopic (exact) mass is 438 g/mol. The van der Waals surface area contributed by atoms with Crippen molar-refractivity contribution in [3.63, 3.8) is 0 Å². The highest BCUT2D eigenvalue weighted by atomic mass is 16.2. The fraction of sp³-hybridized carbons (Fsp3) is 0.120. The normalized spacial score (nSPS) is 10.3. The Morgan fingerprint density at radius 1 is 1.09 bits per heavy atom. The van der Waals surface area contributed by atoms with E-state index in [2.05, 4.69) is 32.5 Å². The number of benzene rings is 2. The minimum Gasteiger partial charge on any atom is -0.366 e. The topological polar surface area (TPSA) is 119 Å². The Morgan fingerprint density at radius 3 is 2.61 bits per heavy atom. The number of carbonyl (C=O) groups excluding carboxylic acids is 2. The number of hydrogen-bond acceptors (Lipinski definition) is 4. The fourth-order valence-corrected chi connectivity index (χ4v) is 3.26. The molecule has 0 atom stereocenters. The zero-order valence-electron chi connectivity index (χ0n) is 17.8. The zero-order valence-corrected chi connectivity index (χ0v) is 17.8. The number of rotatable bonds is 7. The first-order chi connectivity index (χ1) is 16.1. The molecule has 4 aromatic rings. The number of aromatic amines is 1. The Labute approximate surface area is 190 Å². The Hall–Kier alpha value is -4.64. The van der Waals surface area contributed by atoms with E-state index in [1.165, 1.54) is 0 Å². The SMILES string of the molecule is NC(=O)c1ccc(C#Cc2cc(C(=O)NCCCc3cn[nH]c3)ccc2-n2cccn2)cc1. The Morgan fingerprint density at radius 2 is 1.91 bits per heavy atom. The molecule has 0 spiro atoms. The van der Waals surface area contributed by atoms with Crippen molar-refractivity contribution in [1.29, 1.82) is 0 Å². The molecule has 4 N–H and O–H groups in total. The third kappa shape index (κ3) is 5.54. The molecule has 0 aliphatic carbocycles. The van der Waals surface area contributed by atoms with Gasteiger partial charge < -0.3 is 11.1 Å². The van der Waals surface area contributed by atoms with Crippen LogP contribution in [0.15, 0.2) is 73.3 Å². The van der Waals surface area contributed by atoms with Crippen LogP contribution in [-0.2, 0) is 6.42 Å². The Bertz CT molecular complexity index is 1300. The number of aryl methyl sites for hydroxylation is 1. The molecule has 2 heterocycles. The van der Waals surface area contributed by atoms with Gasteiger partial charge in [-0.25, -0.2) is 4.68 Å². The van der Waals surface area contributed by atoms with Crippen LogP contribution in [0.2, 0.25) is 0 Å². The van der Waals surface area contributed by atoms with Gasteiger partial charge in [-0.05, 0) is 66.9 Å². The summed E-state index contributed by atoms with van der Waals surface area (Å²) in [5.41, 5.74) is 9.47. The first kappa shape index (κ1) is 21.6. The van der Waals surface area contributed by atoms with Crippen LogP contribution >= 0.6 is 0 Å². The van der Waals surface area contributed by atoms with Gasteiger partial charge in [0.1, 0.15) is 0 Å². The molecule has 0 saturated carbocycles. The van der Waals surface area contributed by atoms with E-state index in [-0.39, 0.29) is 5.91 Å². The van der Waals surface area contributed by atoms with Gasteiger partial charge >= 0.3 is 0 Å². The van der Waals surface area contributed by atoms with Crippen molar-refractivity contribution < 1.29 is 9.59 Å². The Balaban J connectivity index is 1.52. The van der Waals surface area contributed by atoms with Crippen molar-refractivity contribution in [2.45, 2.75) is 12.8 Å². The highest BCUT2D eigenvalue weighted by molar-refractivity contribution is 5.95. The maximum Gasteiger partial charge on any atom is 0.251 e. The number of nitrogens with two attached hydrogens (primary N) is 1. The van der Waals surface area contributed by atoms with E-state index in [4.69, 9.17) is 5.73 Å². The summed E-state index contributed by atoms with van der Waals surface area (Å²) in [6.07, 6.45) is 8.77. The number of hydrogen-bond donors (Lipinski definition) is 3. The van der Waals surface area contributed by atoms with E-state index in [0.717, 1.165) is 29.7 Å². The fourth-order valence-electron chi connectivity index (χ4n) is 3.26. The summed E-state index contributed by atoms with van der Waals surface area (Å²) in [5.74, 6) is 5.56. The number of nitrogens with one attached hydrogen (secondary N) is 2. The summed E-state index contributed by atoms with van der Waals surface area (Å²) in [7, 11) is 0. The molecule has 33 heavy (non-hydrogen) atoms. The minimum atomic E-state index is -0.487. The van der Waals surface area contributed by atoms with E-state index in [9.17, 15) is 9.59 Å². The number of aromatic nitrogens is 4. The number of primary amides is 1. The van der Waals surface area contributed by atoms with E-state index in [1.807, 2.05) is 24.5 Å². The van der Waals surface area contributed by atoms with Crippen LogP contribution in [0.25, 0.3) is 5.69 Å². The molecule has 2 amide bonds. The van der Waals surface area contributed by atoms with Gasteiger partial charge in [0, 0.05) is 41.8 Å². The lowest BCUT2D eigenvalue weighted by Gasteiger charge is -2.09. The van der Waals surface area contributed by atoms with Crippen molar-refractivity contribution in [1.82, 2.24) is 25.3 Å². The van der Waals surface area contributed by atoms with Gasteiger partial charge in [0.15, 0.2) is 0 Å².